The first-order valence-electron chi connectivity index (χ1n) is 7.47. The van der Waals surface area contributed by atoms with Gasteiger partial charge in [-0.3, -0.25) is 14.3 Å². The monoisotopic (exact) mass is 291 g/mol. The third-order valence-corrected chi connectivity index (χ3v) is 4.34. The van der Waals surface area contributed by atoms with Crippen molar-refractivity contribution in [2.45, 2.75) is 51.1 Å². The Kier molecular flexibility index (Phi) is 3.44. The molecule has 1 saturated carbocycles. The fourth-order valence-corrected chi connectivity index (χ4v) is 3.32. The summed E-state index contributed by atoms with van der Waals surface area (Å²) in [5.41, 5.74) is 6.03. The summed E-state index contributed by atoms with van der Waals surface area (Å²) >= 11 is 0. The van der Waals surface area contributed by atoms with Crippen molar-refractivity contribution in [1.82, 2.24) is 19.1 Å². The smallest absolute Gasteiger partial charge is 0.324 e. The molecule has 1 aliphatic carbocycles. The molecule has 0 bridgehead atoms. The van der Waals surface area contributed by atoms with Crippen LogP contribution in [0.5, 0.6) is 0 Å². The van der Waals surface area contributed by atoms with Crippen molar-refractivity contribution in [1.29, 1.82) is 0 Å². The van der Waals surface area contributed by atoms with E-state index in [9.17, 15) is 9.59 Å². The number of imidazole rings is 1. The van der Waals surface area contributed by atoms with Crippen molar-refractivity contribution >= 4 is 11.2 Å². The fourth-order valence-electron chi connectivity index (χ4n) is 3.32. The molecule has 3 rings (SSSR count). The van der Waals surface area contributed by atoms with Crippen molar-refractivity contribution < 1.29 is 0 Å². The number of nitrogens with two attached hydrogens (primary N) is 1. The van der Waals surface area contributed by atoms with Gasteiger partial charge in [-0.15, -0.1) is 0 Å². The van der Waals surface area contributed by atoms with Crippen molar-refractivity contribution in [3.8, 4) is 0 Å². The number of aryl methyl sites for hydroxylation is 1. The van der Waals surface area contributed by atoms with Crippen LogP contribution in [0.15, 0.2) is 9.59 Å². The molecule has 7 heteroatoms. The van der Waals surface area contributed by atoms with Crippen LogP contribution in [0.25, 0.3) is 11.2 Å². The minimum absolute atomic E-state index is 0.112. The van der Waals surface area contributed by atoms with E-state index in [0.29, 0.717) is 17.0 Å². The number of hydrogen-bond acceptors (Lipinski definition) is 4. The van der Waals surface area contributed by atoms with Crippen molar-refractivity contribution in [2.75, 3.05) is 0 Å². The fraction of sp³-hybridized carbons (Fsp3) is 0.643. The Bertz CT molecular complexity index is 777. The van der Waals surface area contributed by atoms with Crippen LogP contribution in [-0.2, 0) is 7.05 Å². The minimum atomic E-state index is -0.399. The van der Waals surface area contributed by atoms with Gasteiger partial charge in [0.25, 0.3) is 5.56 Å². The van der Waals surface area contributed by atoms with Gasteiger partial charge in [0.2, 0.25) is 0 Å². The lowest BCUT2D eigenvalue weighted by Crippen LogP contribution is -2.34. The second kappa shape index (κ2) is 5.14. The molecule has 7 nitrogen and oxygen atoms in total. The first kappa shape index (κ1) is 14.1. The zero-order chi connectivity index (χ0) is 15.1. The van der Waals surface area contributed by atoms with Gasteiger partial charge in [0, 0.05) is 13.1 Å². The van der Waals surface area contributed by atoms with E-state index in [-0.39, 0.29) is 17.8 Å². The highest BCUT2D eigenvalue weighted by Crippen LogP contribution is 2.28. The molecule has 0 radical (unpaired) electrons. The molecule has 0 aromatic carbocycles. The maximum Gasteiger partial charge on any atom is 0.330 e. The van der Waals surface area contributed by atoms with Crippen LogP contribution >= 0.6 is 0 Å². The van der Waals surface area contributed by atoms with E-state index in [4.69, 9.17) is 5.73 Å². The summed E-state index contributed by atoms with van der Waals surface area (Å²) in [5, 5.41) is 0. The number of aromatic amines is 1. The predicted octanol–water partition coefficient (Wildman–Crippen LogP) is 0.948. The number of nitrogens with zero attached hydrogens (tertiary/aromatic N) is 3. The average Bonchev–Trinajstić information content (AvgIpc) is 2.78. The van der Waals surface area contributed by atoms with Crippen molar-refractivity contribution in [3.05, 3.63) is 26.7 Å². The Morgan fingerprint density at radius 1 is 1.29 bits per heavy atom. The lowest BCUT2D eigenvalue weighted by Gasteiger charge is -2.23. The van der Waals surface area contributed by atoms with Gasteiger partial charge < -0.3 is 10.3 Å². The zero-order valence-electron chi connectivity index (χ0n) is 12.4. The highest BCUT2D eigenvalue weighted by atomic mass is 16.2. The van der Waals surface area contributed by atoms with Gasteiger partial charge >= 0.3 is 5.69 Å². The van der Waals surface area contributed by atoms with Gasteiger partial charge in [-0.1, -0.05) is 19.3 Å². The highest BCUT2D eigenvalue weighted by molar-refractivity contribution is 5.71. The van der Waals surface area contributed by atoms with E-state index in [2.05, 4.69) is 9.97 Å². The molecule has 0 amide bonds. The van der Waals surface area contributed by atoms with E-state index in [1.54, 1.807) is 16.2 Å². The molecule has 1 fully saturated rings. The van der Waals surface area contributed by atoms with Crippen molar-refractivity contribution in [2.24, 2.45) is 12.8 Å². The summed E-state index contributed by atoms with van der Waals surface area (Å²) < 4.78 is 3.35. The van der Waals surface area contributed by atoms with Gasteiger partial charge in [-0.05, 0) is 19.8 Å². The van der Waals surface area contributed by atoms with Crippen molar-refractivity contribution in [3.63, 3.8) is 0 Å². The first-order valence-corrected chi connectivity index (χ1v) is 7.47. The SMILES string of the molecule is CC(N)c1nc2c(c(=O)[nH]c(=O)n2C2CCCCC2)n1C. The summed E-state index contributed by atoms with van der Waals surface area (Å²) in [6.45, 7) is 1.82. The molecule has 0 spiro atoms. The number of nitrogens with one attached hydrogen (secondary N) is 1. The lowest BCUT2D eigenvalue weighted by molar-refractivity contribution is 0.349. The minimum Gasteiger partial charge on any atom is -0.324 e. The molecular formula is C14H21N5O2. The second-order valence-corrected chi connectivity index (χ2v) is 5.91. The maximum atomic E-state index is 12.3. The quantitative estimate of drug-likeness (QED) is 0.860. The summed E-state index contributed by atoms with van der Waals surface area (Å²) in [4.78, 5) is 31.3. The summed E-state index contributed by atoms with van der Waals surface area (Å²) in [7, 11) is 1.76. The predicted molar refractivity (Wildman–Crippen MR) is 80.3 cm³/mol. The van der Waals surface area contributed by atoms with Crippen LogP contribution in [0.1, 0.15) is 56.9 Å². The standard InChI is InChI=1S/C14H21N5O2/c1-8(15)11-16-12-10(18(11)2)13(20)17-14(21)19(12)9-6-4-3-5-7-9/h8-9H,3-7,15H2,1-2H3,(H,17,20,21). The molecule has 21 heavy (non-hydrogen) atoms. The third-order valence-electron chi connectivity index (χ3n) is 4.34. The lowest BCUT2D eigenvalue weighted by atomic mass is 9.95. The Labute approximate surface area is 121 Å². The molecule has 2 aromatic rings. The third kappa shape index (κ3) is 2.21. The van der Waals surface area contributed by atoms with Gasteiger partial charge in [-0.25, -0.2) is 9.78 Å². The van der Waals surface area contributed by atoms with Crippen LogP contribution in [0.4, 0.5) is 0 Å². The van der Waals surface area contributed by atoms with Crippen LogP contribution in [-0.4, -0.2) is 19.1 Å². The molecule has 3 N–H and O–H groups in total. The van der Waals surface area contributed by atoms with E-state index in [1.165, 1.54) is 6.42 Å². The van der Waals surface area contributed by atoms with Gasteiger partial charge in [0.1, 0.15) is 5.82 Å². The molecule has 0 saturated heterocycles. The topological polar surface area (TPSA) is 98.7 Å². The largest absolute Gasteiger partial charge is 0.330 e. The second-order valence-electron chi connectivity index (χ2n) is 5.91. The Hall–Kier alpha value is -1.89. The number of rotatable bonds is 2. The average molecular weight is 291 g/mol. The van der Waals surface area contributed by atoms with Gasteiger partial charge in [0.05, 0.1) is 6.04 Å². The van der Waals surface area contributed by atoms with E-state index < -0.39 is 5.56 Å². The number of hydrogen-bond donors (Lipinski definition) is 2. The van der Waals surface area contributed by atoms with Crippen LogP contribution in [0.3, 0.4) is 0 Å². The Balaban J connectivity index is 2.31. The molecule has 114 valence electrons. The molecule has 1 unspecified atom stereocenters. The first-order chi connectivity index (χ1) is 10.0. The maximum absolute atomic E-state index is 12.3. The highest BCUT2D eigenvalue weighted by Gasteiger charge is 2.23. The normalized spacial score (nSPS) is 18.2. The molecule has 1 aliphatic rings. The summed E-state index contributed by atoms with van der Waals surface area (Å²) in [6.07, 6.45) is 5.30. The Morgan fingerprint density at radius 2 is 1.95 bits per heavy atom. The number of fused-ring (bicyclic) bond motifs is 1. The molecule has 2 aromatic heterocycles. The van der Waals surface area contributed by atoms with Gasteiger partial charge in [-0.2, -0.15) is 0 Å². The number of H-pyrrole nitrogens is 1. The van der Waals surface area contributed by atoms with E-state index in [0.717, 1.165) is 25.7 Å². The Morgan fingerprint density at radius 3 is 2.57 bits per heavy atom. The molecule has 0 aliphatic heterocycles. The van der Waals surface area contributed by atoms with Crippen LogP contribution in [0, 0.1) is 0 Å². The summed E-state index contributed by atoms with van der Waals surface area (Å²) in [5.74, 6) is 0.616. The number of aromatic nitrogens is 4. The van der Waals surface area contributed by atoms with Crippen LogP contribution < -0.4 is 17.0 Å². The van der Waals surface area contributed by atoms with Crippen LogP contribution in [0.2, 0.25) is 0 Å². The molecule has 2 heterocycles. The van der Waals surface area contributed by atoms with Gasteiger partial charge in [0.15, 0.2) is 11.2 Å². The summed E-state index contributed by atoms with van der Waals surface area (Å²) in [6, 6.07) is -0.182. The molecular weight excluding hydrogens is 270 g/mol. The van der Waals surface area contributed by atoms with E-state index >= 15 is 0 Å². The van der Waals surface area contributed by atoms with E-state index in [1.807, 2.05) is 6.92 Å². The molecule has 1 atom stereocenters. The zero-order valence-corrected chi connectivity index (χ0v) is 12.4.